The maximum Gasteiger partial charge on any atom is 0.154 e. The Bertz CT molecular complexity index is 224. The zero-order valence-electron chi connectivity index (χ0n) is 7.77. The first-order valence-electron chi connectivity index (χ1n) is 4.50. The average molecular weight is 217 g/mol. The van der Waals surface area contributed by atoms with Crippen LogP contribution in [-0.4, -0.2) is 34.7 Å². The number of aliphatic hydroxyl groups is 1. The average Bonchev–Trinajstić information content (AvgIpc) is 2.32. The van der Waals surface area contributed by atoms with E-state index in [-0.39, 0.29) is 18.6 Å². The van der Waals surface area contributed by atoms with Gasteiger partial charge in [0.1, 0.15) is 0 Å². The fraction of sp³-hybridized carbons (Fsp3) is 0.889. The number of nitriles is 1. The van der Waals surface area contributed by atoms with Crippen molar-refractivity contribution >= 4 is 0 Å². The molecule has 2 aliphatic rings. The molecule has 0 amide bonds. The van der Waals surface area contributed by atoms with E-state index in [9.17, 15) is 5.11 Å². The fourth-order valence-corrected chi connectivity index (χ4v) is 2.54. The summed E-state index contributed by atoms with van der Waals surface area (Å²) in [5.41, 5.74) is -1.03. The van der Waals surface area contributed by atoms with Crippen molar-refractivity contribution in [2.45, 2.75) is 43.4 Å². The van der Waals surface area contributed by atoms with Crippen LogP contribution in [0, 0.1) is 11.3 Å². The van der Waals surface area contributed by atoms with Crippen LogP contribution in [0.3, 0.4) is 0 Å². The van der Waals surface area contributed by atoms with Gasteiger partial charge in [0.15, 0.2) is 5.60 Å². The third-order valence-corrected chi connectivity index (χ3v) is 3.34. The molecule has 2 heterocycles. The predicted molar refractivity (Wildman–Crippen MR) is 44.4 cm³/mol. The molecule has 0 aromatic heterocycles. The Kier molecular flexibility index (Phi) is 3.09. The Morgan fingerprint density at radius 1 is 1.38 bits per heavy atom. The second-order valence-electron chi connectivity index (χ2n) is 4.10. The standard InChI is InChI=1S/C9H14N2O.V/c1-11-7-2-3-8(11)5-9(12,4-7)6-10;/h7-8,12H,2-5H2,1H3;. The zero-order valence-corrected chi connectivity index (χ0v) is 9.17. The van der Waals surface area contributed by atoms with Crippen LogP contribution in [0.15, 0.2) is 0 Å². The van der Waals surface area contributed by atoms with Gasteiger partial charge in [-0.3, -0.25) is 0 Å². The Hall–Kier alpha value is -0.00558. The smallest absolute Gasteiger partial charge is 0.154 e. The van der Waals surface area contributed by atoms with Gasteiger partial charge in [-0.1, -0.05) is 0 Å². The second-order valence-corrected chi connectivity index (χ2v) is 4.10. The van der Waals surface area contributed by atoms with Crippen molar-refractivity contribution in [3.63, 3.8) is 0 Å². The van der Waals surface area contributed by atoms with Crippen molar-refractivity contribution in [2.24, 2.45) is 0 Å². The Balaban J connectivity index is 0.000000845. The first-order valence-corrected chi connectivity index (χ1v) is 4.50. The van der Waals surface area contributed by atoms with Gasteiger partial charge < -0.3 is 10.0 Å². The third kappa shape index (κ3) is 1.77. The molecule has 2 unspecified atom stereocenters. The van der Waals surface area contributed by atoms with E-state index in [4.69, 9.17) is 5.26 Å². The number of piperidine rings is 1. The van der Waals surface area contributed by atoms with Crippen LogP contribution in [-0.2, 0) is 18.6 Å². The molecule has 2 fully saturated rings. The number of hydrogen-bond acceptors (Lipinski definition) is 3. The van der Waals surface area contributed by atoms with Gasteiger partial charge in [0.05, 0.1) is 6.07 Å². The molecule has 13 heavy (non-hydrogen) atoms. The summed E-state index contributed by atoms with van der Waals surface area (Å²) >= 11 is 0. The van der Waals surface area contributed by atoms with E-state index in [1.54, 1.807) is 0 Å². The molecule has 2 saturated heterocycles. The molecule has 2 aliphatic heterocycles. The van der Waals surface area contributed by atoms with E-state index in [2.05, 4.69) is 11.9 Å². The van der Waals surface area contributed by atoms with Crippen LogP contribution in [0.1, 0.15) is 25.7 Å². The first-order chi connectivity index (χ1) is 5.64. The molecule has 71 valence electrons. The van der Waals surface area contributed by atoms with Crippen LogP contribution >= 0.6 is 0 Å². The van der Waals surface area contributed by atoms with Gasteiger partial charge in [-0.25, -0.2) is 0 Å². The summed E-state index contributed by atoms with van der Waals surface area (Å²) in [5, 5.41) is 18.6. The summed E-state index contributed by atoms with van der Waals surface area (Å²) in [6.45, 7) is 0. The predicted octanol–water partition coefficient (Wildman–Crippen LogP) is 0.495. The summed E-state index contributed by atoms with van der Waals surface area (Å²) in [6, 6.07) is 2.91. The molecule has 4 heteroatoms. The molecule has 2 bridgehead atoms. The molecule has 0 aliphatic carbocycles. The van der Waals surface area contributed by atoms with Gasteiger partial charge in [0.25, 0.3) is 0 Å². The van der Waals surface area contributed by atoms with Crippen molar-refractivity contribution in [2.75, 3.05) is 7.05 Å². The van der Waals surface area contributed by atoms with Crippen LogP contribution < -0.4 is 0 Å². The van der Waals surface area contributed by atoms with Gasteiger partial charge in [-0.2, -0.15) is 5.26 Å². The summed E-state index contributed by atoms with van der Waals surface area (Å²) in [4.78, 5) is 2.31. The second kappa shape index (κ2) is 3.63. The molecule has 2 atom stereocenters. The summed E-state index contributed by atoms with van der Waals surface area (Å²) in [5.74, 6) is 0. The fourth-order valence-electron chi connectivity index (χ4n) is 2.54. The molecule has 1 N–H and O–H groups in total. The van der Waals surface area contributed by atoms with E-state index in [1.165, 1.54) is 0 Å². The topological polar surface area (TPSA) is 47.3 Å². The Morgan fingerprint density at radius 2 is 1.85 bits per heavy atom. The molecule has 2 rings (SSSR count). The van der Waals surface area contributed by atoms with E-state index >= 15 is 0 Å². The monoisotopic (exact) mass is 217 g/mol. The van der Waals surface area contributed by atoms with Gasteiger partial charge >= 0.3 is 0 Å². The summed E-state index contributed by atoms with van der Waals surface area (Å²) in [7, 11) is 2.10. The molecular formula is C9H14N2OV. The summed E-state index contributed by atoms with van der Waals surface area (Å²) in [6.07, 6.45) is 3.56. The van der Waals surface area contributed by atoms with Gasteiger partial charge in [-0.15, -0.1) is 0 Å². The van der Waals surface area contributed by atoms with Crippen LogP contribution in [0.25, 0.3) is 0 Å². The van der Waals surface area contributed by atoms with Crippen molar-refractivity contribution < 1.29 is 23.7 Å². The molecule has 0 aromatic carbocycles. The Labute approximate surface area is 90.6 Å². The molecule has 0 spiro atoms. The minimum absolute atomic E-state index is 0. The zero-order chi connectivity index (χ0) is 8.77. The molecule has 1 radical (unpaired) electrons. The van der Waals surface area contributed by atoms with E-state index in [0.717, 1.165) is 12.8 Å². The minimum Gasteiger partial charge on any atom is -0.375 e. The maximum absolute atomic E-state index is 9.79. The van der Waals surface area contributed by atoms with Crippen LogP contribution in [0.2, 0.25) is 0 Å². The number of rotatable bonds is 0. The molecule has 0 saturated carbocycles. The Morgan fingerprint density at radius 3 is 2.23 bits per heavy atom. The minimum atomic E-state index is -1.03. The van der Waals surface area contributed by atoms with Crippen LogP contribution in [0.5, 0.6) is 0 Å². The molecule has 3 nitrogen and oxygen atoms in total. The van der Waals surface area contributed by atoms with Crippen molar-refractivity contribution in [1.29, 1.82) is 5.26 Å². The van der Waals surface area contributed by atoms with E-state index < -0.39 is 5.60 Å². The normalized spacial score (nSPS) is 43.8. The number of hydrogen-bond donors (Lipinski definition) is 1. The molecule has 0 aromatic rings. The maximum atomic E-state index is 9.79. The van der Waals surface area contributed by atoms with Gasteiger partial charge in [0, 0.05) is 43.5 Å². The first kappa shape index (κ1) is 11.1. The van der Waals surface area contributed by atoms with E-state index in [0.29, 0.717) is 24.9 Å². The SMILES string of the molecule is CN1C2CCC1CC(O)(C#N)C2.[V]. The van der Waals surface area contributed by atoms with Gasteiger partial charge in [-0.05, 0) is 19.9 Å². The quantitative estimate of drug-likeness (QED) is 0.601. The van der Waals surface area contributed by atoms with Crippen molar-refractivity contribution in [3.05, 3.63) is 0 Å². The summed E-state index contributed by atoms with van der Waals surface area (Å²) < 4.78 is 0. The van der Waals surface area contributed by atoms with Gasteiger partial charge in [0.2, 0.25) is 0 Å². The van der Waals surface area contributed by atoms with Crippen LogP contribution in [0.4, 0.5) is 0 Å². The van der Waals surface area contributed by atoms with Crippen molar-refractivity contribution in [1.82, 2.24) is 4.90 Å². The third-order valence-electron chi connectivity index (χ3n) is 3.34. The largest absolute Gasteiger partial charge is 0.375 e. The molecular weight excluding hydrogens is 203 g/mol. The van der Waals surface area contributed by atoms with Crippen molar-refractivity contribution in [3.8, 4) is 6.07 Å². The van der Waals surface area contributed by atoms with E-state index in [1.807, 2.05) is 6.07 Å². The number of nitrogens with zero attached hydrogens (tertiary/aromatic N) is 2. The number of fused-ring (bicyclic) bond motifs is 2.